The summed E-state index contributed by atoms with van der Waals surface area (Å²) >= 11 is 0. The van der Waals surface area contributed by atoms with Gasteiger partial charge < -0.3 is 20.2 Å². The van der Waals surface area contributed by atoms with E-state index in [2.05, 4.69) is 20.3 Å². The van der Waals surface area contributed by atoms with Crippen LogP contribution in [0.15, 0.2) is 41.2 Å². The van der Waals surface area contributed by atoms with Crippen LogP contribution in [0, 0.1) is 6.92 Å². The first-order valence-corrected chi connectivity index (χ1v) is 8.81. The van der Waals surface area contributed by atoms with E-state index in [1.165, 1.54) is 0 Å². The Balaban J connectivity index is 1.49. The van der Waals surface area contributed by atoms with Crippen molar-refractivity contribution in [2.24, 2.45) is 0 Å². The van der Waals surface area contributed by atoms with Crippen LogP contribution in [-0.4, -0.2) is 44.9 Å². The first kappa shape index (κ1) is 16.4. The second-order valence-corrected chi connectivity index (χ2v) is 6.68. The van der Waals surface area contributed by atoms with Crippen molar-refractivity contribution in [1.29, 1.82) is 0 Å². The molecule has 1 saturated heterocycles. The molecule has 1 aliphatic heterocycles. The highest BCUT2D eigenvalue weighted by atomic mass is 16.2. The number of carbonyl (C=O) groups is 1. The number of benzene rings is 1. The van der Waals surface area contributed by atoms with Crippen LogP contribution >= 0.6 is 0 Å². The molecular formula is C19H21N5O2. The quantitative estimate of drug-likeness (QED) is 0.672. The van der Waals surface area contributed by atoms with E-state index in [1.807, 2.05) is 30.0 Å². The van der Waals surface area contributed by atoms with Crippen molar-refractivity contribution in [2.75, 3.05) is 18.4 Å². The number of fused-ring (bicyclic) bond motifs is 1. The third kappa shape index (κ3) is 3.20. The molecule has 0 aliphatic carbocycles. The molecule has 1 aromatic carbocycles. The summed E-state index contributed by atoms with van der Waals surface area (Å²) in [5.41, 5.74) is 2.64. The molecule has 134 valence electrons. The van der Waals surface area contributed by atoms with Crippen molar-refractivity contribution in [2.45, 2.75) is 25.8 Å². The van der Waals surface area contributed by atoms with Crippen LogP contribution in [0.5, 0.6) is 0 Å². The van der Waals surface area contributed by atoms with E-state index in [-0.39, 0.29) is 17.6 Å². The predicted octanol–water partition coefficient (Wildman–Crippen LogP) is 2.28. The zero-order valence-electron chi connectivity index (χ0n) is 14.6. The van der Waals surface area contributed by atoms with Crippen LogP contribution in [-0.2, 0) is 0 Å². The second kappa shape index (κ2) is 6.67. The van der Waals surface area contributed by atoms with Crippen molar-refractivity contribution in [3.05, 3.63) is 58.1 Å². The third-order valence-electron chi connectivity index (χ3n) is 4.81. The lowest BCUT2D eigenvalue weighted by Gasteiger charge is -2.25. The van der Waals surface area contributed by atoms with E-state index in [9.17, 15) is 9.59 Å². The van der Waals surface area contributed by atoms with Gasteiger partial charge in [0.05, 0.1) is 11.0 Å². The Morgan fingerprint density at radius 1 is 1.27 bits per heavy atom. The molecule has 0 spiro atoms. The maximum Gasteiger partial charge on any atom is 0.323 e. The number of aromatic amines is 2. The van der Waals surface area contributed by atoms with Gasteiger partial charge in [0.2, 0.25) is 0 Å². The second-order valence-electron chi connectivity index (χ2n) is 6.68. The Labute approximate surface area is 150 Å². The number of pyridine rings is 1. The fourth-order valence-corrected chi connectivity index (χ4v) is 3.51. The molecule has 3 N–H and O–H groups in total. The van der Waals surface area contributed by atoms with E-state index in [0.717, 1.165) is 30.9 Å². The fraction of sp³-hybridized carbons (Fsp3) is 0.316. The van der Waals surface area contributed by atoms with Gasteiger partial charge in [0.25, 0.3) is 5.91 Å². The molecule has 3 heterocycles. The monoisotopic (exact) mass is 351 g/mol. The molecule has 1 atom stereocenters. The lowest BCUT2D eigenvalue weighted by Crippen LogP contribution is -2.39. The summed E-state index contributed by atoms with van der Waals surface area (Å²) < 4.78 is 0. The number of amides is 1. The average Bonchev–Trinajstić information content (AvgIpc) is 3.24. The van der Waals surface area contributed by atoms with Crippen LogP contribution in [0.3, 0.4) is 0 Å². The van der Waals surface area contributed by atoms with Crippen molar-refractivity contribution in [3.63, 3.8) is 0 Å². The lowest BCUT2D eigenvalue weighted by atomic mass is 10.1. The highest BCUT2D eigenvalue weighted by Gasteiger charge is 2.29. The summed E-state index contributed by atoms with van der Waals surface area (Å²) in [7, 11) is 0. The summed E-state index contributed by atoms with van der Waals surface area (Å²) in [6, 6.07) is 11.3. The van der Waals surface area contributed by atoms with E-state index >= 15 is 0 Å². The summed E-state index contributed by atoms with van der Waals surface area (Å²) in [6.07, 6.45) is 1.95. The van der Waals surface area contributed by atoms with Gasteiger partial charge in [-0.2, -0.15) is 0 Å². The smallest absolute Gasteiger partial charge is 0.323 e. The molecule has 0 bridgehead atoms. The number of hydrogen-bond donors (Lipinski definition) is 3. The number of imidazole rings is 1. The number of carbonyl (C=O) groups excluding carboxylic acids is 1. The van der Waals surface area contributed by atoms with E-state index in [1.54, 1.807) is 18.2 Å². The van der Waals surface area contributed by atoms with Gasteiger partial charge in [-0.25, -0.2) is 9.78 Å². The van der Waals surface area contributed by atoms with Gasteiger partial charge in [-0.3, -0.25) is 4.79 Å². The normalized spacial score (nSPS) is 17.0. The minimum absolute atomic E-state index is 0.00421. The Bertz CT molecular complexity index is 1010. The highest BCUT2D eigenvalue weighted by Crippen LogP contribution is 2.22. The van der Waals surface area contributed by atoms with Crippen LogP contribution < -0.4 is 11.0 Å². The Hall–Kier alpha value is -3.09. The molecule has 0 radical (unpaired) electrons. The van der Waals surface area contributed by atoms with Gasteiger partial charge in [-0.15, -0.1) is 0 Å². The first-order valence-electron chi connectivity index (χ1n) is 8.81. The molecule has 7 nitrogen and oxygen atoms in total. The number of nitrogens with one attached hydrogen (secondary N) is 3. The van der Waals surface area contributed by atoms with Gasteiger partial charge in [0.1, 0.15) is 5.82 Å². The number of aromatic nitrogens is 3. The number of aryl methyl sites for hydroxylation is 1. The molecule has 3 aromatic rings. The third-order valence-corrected chi connectivity index (χ3v) is 4.81. The lowest BCUT2D eigenvalue weighted by molar-refractivity contribution is 0.0744. The van der Waals surface area contributed by atoms with Crippen LogP contribution in [0.1, 0.15) is 28.9 Å². The molecule has 0 saturated carbocycles. The van der Waals surface area contributed by atoms with Gasteiger partial charge in [-0.1, -0.05) is 6.07 Å². The summed E-state index contributed by atoms with van der Waals surface area (Å²) in [6.45, 7) is 3.37. The van der Waals surface area contributed by atoms with E-state index in [4.69, 9.17) is 0 Å². The molecule has 2 aromatic heterocycles. The predicted molar refractivity (Wildman–Crippen MR) is 100 cm³/mol. The van der Waals surface area contributed by atoms with E-state index < -0.39 is 0 Å². The Morgan fingerprint density at radius 2 is 2.12 bits per heavy atom. The summed E-state index contributed by atoms with van der Waals surface area (Å²) in [4.78, 5) is 36.1. The number of hydrogen-bond acceptors (Lipinski definition) is 4. The summed E-state index contributed by atoms with van der Waals surface area (Å²) in [5, 5.41) is 3.34. The molecule has 1 amide bonds. The number of likely N-dealkylation sites (tertiary alicyclic amines) is 1. The maximum absolute atomic E-state index is 13.0. The van der Waals surface area contributed by atoms with Crippen molar-refractivity contribution in [1.82, 2.24) is 19.9 Å². The summed E-state index contributed by atoms with van der Waals surface area (Å²) in [5.74, 6) is 0.825. The number of H-pyrrole nitrogens is 2. The van der Waals surface area contributed by atoms with Gasteiger partial charge in [0, 0.05) is 30.4 Å². The minimum atomic E-state index is -0.265. The zero-order chi connectivity index (χ0) is 18.1. The van der Waals surface area contributed by atoms with E-state index in [0.29, 0.717) is 23.1 Å². The molecule has 1 aliphatic rings. The minimum Gasteiger partial charge on any atom is -0.368 e. The molecule has 1 fully saturated rings. The molecule has 4 rings (SSSR count). The molecule has 7 heteroatoms. The number of anilines is 1. The van der Waals surface area contributed by atoms with Crippen LogP contribution in [0.4, 0.5) is 5.82 Å². The Morgan fingerprint density at radius 3 is 2.96 bits per heavy atom. The number of rotatable bonds is 4. The van der Waals surface area contributed by atoms with Crippen molar-refractivity contribution in [3.8, 4) is 0 Å². The van der Waals surface area contributed by atoms with Crippen LogP contribution in [0.2, 0.25) is 0 Å². The standard InChI is InChI=1S/C19H21N5O2/c1-12-4-2-6-17(21-12)20-11-14-5-3-9-24(14)18(25)13-7-8-15-16(10-13)23-19(26)22-15/h2,4,6-8,10,14H,3,5,9,11H2,1H3,(H,20,21)(H2,22,23,26). The van der Waals surface area contributed by atoms with Crippen molar-refractivity contribution < 1.29 is 4.79 Å². The zero-order valence-corrected chi connectivity index (χ0v) is 14.6. The van der Waals surface area contributed by atoms with Gasteiger partial charge in [0.15, 0.2) is 0 Å². The first-order chi connectivity index (χ1) is 12.6. The van der Waals surface area contributed by atoms with Crippen molar-refractivity contribution >= 4 is 22.8 Å². The maximum atomic E-state index is 13.0. The topological polar surface area (TPSA) is 93.9 Å². The molecular weight excluding hydrogens is 330 g/mol. The van der Waals surface area contributed by atoms with Crippen LogP contribution in [0.25, 0.3) is 11.0 Å². The largest absolute Gasteiger partial charge is 0.368 e. The molecule has 26 heavy (non-hydrogen) atoms. The SMILES string of the molecule is Cc1cccc(NCC2CCCN2C(=O)c2ccc3[nH]c(=O)[nH]c3c2)n1. The molecule has 1 unspecified atom stereocenters. The van der Waals surface area contributed by atoms with Gasteiger partial charge in [-0.05, 0) is 50.1 Å². The van der Waals surface area contributed by atoms with Gasteiger partial charge >= 0.3 is 5.69 Å². The average molecular weight is 351 g/mol. The highest BCUT2D eigenvalue weighted by molar-refractivity contribution is 5.97. The fourth-order valence-electron chi connectivity index (χ4n) is 3.51. The Kier molecular flexibility index (Phi) is 4.20. The number of nitrogens with zero attached hydrogens (tertiary/aromatic N) is 2.